The molecule has 0 radical (unpaired) electrons. The van der Waals surface area contributed by atoms with E-state index in [1.165, 1.54) is 12.1 Å². The van der Waals surface area contributed by atoms with Crippen LogP contribution in [0.25, 0.3) is 0 Å². The van der Waals surface area contributed by atoms with Gasteiger partial charge in [-0.25, -0.2) is 0 Å². The predicted molar refractivity (Wildman–Crippen MR) is 55.1 cm³/mol. The standard InChI is InChI=1S/C8H7BrClNO2/c1-5(10)7-3-2-6(11(12)13)4-8(7)9/h2-5H,1H3. The van der Waals surface area contributed by atoms with E-state index in [1.807, 2.05) is 6.92 Å². The summed E-state index contributed by atoms with van der Waals surface area (Å²) in [6, 6.07) is 4.55. The van der Waals surface area contributed by atoms with Crippen LogP contribution in [0.2, 0.25) is 0 Å². The molecule has 0 heterocycles. The number of nitro groups is 1. The van der Waals surface area contributed by atoms with E-state index in [4.69, 9.17) is 11.6 Å². The van der Waals surface area contributed by atoms with Crippen LogP contribution in [0.1, 0.15) is 17.9 Å². The number of alkyl halides is 1. The lowest BCUT2D eigenvalue weighted by Gasteiger charge is -2.05. The van der Waals surface area contributed by atoms with E-state index in [0.717, 1.165) is 5.56 Å². The highest BCUT2D eigenvalue weighted by Crippen LogP contribution is 2.30. The van der Waals surface area contributed by atoms with Gasteiger partial charge >= 0.3 is 0 Å². The summed E-state index contributed by atoms with van der Waals surface area (Å²) in [5.41, 5.74) is 0.917. The number of benzene rings is 1. The van der Waals surface area contributed by atoms with Gasteiger partial charge in [-0.1, -0.05) is 15.9 Å². The van der Waals surface area contributed by atoms with E-state index in [0.29, 0.717) is 4.47 Å². The number of hydrogen-bond acceptors (Lipinski definition) is 2. The molecule has 1 atom stereocenters. The Hall–Kier alpha value is -0.610. The molecule has 0 bridgehead atoms. The lowest BCUT2D eigenvalue weighted by Crippen LogP contribution is -1.91. The largest absolute Gasteiger partial charge is 0.270 e. The minimum Gasteiger partial charge on any atom is -0.258 e. The topological polar surface area (TPSA) is 43.1 Å². The van der Waals surface area contributed by atoms with E-state index < -0.39 is 4.92 Å². The van der Waals surface area contributed by atoms with Gasteiger partial charge in [0.25, 0.3) is 5.69 Å². The van der Waals surface area contributed by atoms with Crippen molar-refractivity contribution < 1.29 is 4.92 Å². The first-order valence-corrected chi connectivity index (χ1v) is 4.83. The summed E-state index contributed by atoms with van der Waals surface area (Å²) < 4.78 is 0.671. The van der Waals surface area contributed by atoms with Crippen LogP contribution < -0.4 is 0 Å². The molecule has 0 aromatic heterocycles. The smallest absolute Gasteiger partial charge is 0.258 e. The van der Waals surface area contributed by atoms with Gasteiger partial charge in [-0.15, -0.1) is 11.6 Å². The molecule has 1 aromatic rings. The van der Waals surface area contributed by atoms with Gasteiger partial charge in [0.15, 0.2) is 0 Å². The number of halogens is 2. The number of nitro benzene ring substituents is 1. The van der Waals surface area contributed by atoms with Crippen LogP contribution in [-0.2, 0) is 0 Å². The fourth-order valence-corrected chi connectivity index (χ4v) is 1.98. The van der Waals surface area contributed by atoms with Crippen molar-refractivity contribution in [3.63, 3.8) is 0 Å². The number of rotatable bonds is 2. The highest BCUT2D eigenvalue weighted by Gasteiger charge is 2.11. The minimum absolute atomic E-state index is 0.0629. The molecule has 0 saturated carbocycles. The lowest BCUT2D eigenvalue weighted by atomic mass is 10.1. The van der Waals surface area contributed by atoms with Crippen LogP contribution in [0.4, 0.5) is 5.69 Å². The molecule has 1 unspecified atom stereocenters. The Morgan fingerprint density at radius 3 is 2.62 bits per heavy atom. The molecule has 0 spiro atoms. The summed E-state index contributed by atoms with van der Waals surface area (Å²) in [5.74, 6) is 0. The van der Waals surface area contributed by atoms with E-state index in [-0.39, 0.29) is 11.1 Å². The fraction of sp³-hybridized carbons (Fsp3) is 0.250. The summed E-state index contributed by atoms with van der Waals surface area (Å²) in [5, 5.41) is 10.2. The first kappa shape index (κ1) is 10.5. The van der Waals surface area contributed by atoms with Gasteiger partial charge in [-0.05, 0) is 18.6 Å². The maximum absolute atomic E-state index is 10.4. The highest BCUT2D eigenvalue weighted by molar-refractivity contribution is 9.10. The van der Waals surface area contributed by atoms with Crippen LogP contribution in [-0.4, -0.2) is 4.92 Å². The van der Waals surface area contributed by atoms with Gasteiger partial charge in [0.1, 0.15) is 0 Å². The molecular formula is C8H7BrClNO2. The number of nitrogens with zero attached hydrogens (tertiary/aromatic N) is 1. The summed E-state index contributed by atoms with van der Waals surface area (Å²) in [7, 11) is 0. The second-order valence-corrected chi connectivity index (χ2v) is 4.09. The van der Waals surface area contributed by atoms with Crippen molar-refractivity contribution in [1.82, 2.24) is 0 Å². The maximum atomic E-state index is 10.4. The normalized spacial score (nSPS) is 12.5. The van der Waals surface area contributed by atoms with Gasteiger partial charge in [0, 0.05) is 16.6 Å². The molecule has 13 heavy (non-hydrogen) atoms. The average molecular weight is 265 g/mol. The molecule has 1 aromatic carbocycles. The molecule has 0 N–H and O–H groups in total. The summed E-state index contributed by atoms with van der Waals surface area (Å²) in [4.78, 5) is 9.95. The predicted octanol–water partition coefficient (Wildman–Crippen LogP) is 3.66. The molecule has 0 aliphatic carbocycles. The molecule has 0 fully saturated rings. The van der Waals surface area contributed by atoms with Crippen molar-refractivity contribution in [2.45, 2.75) is 12.3 Å². The molecule has 0 aliphatic rings. The summed E-state index contributed by atoms with van der Waals surface area (Å²) >= 11 is 9.07. The first-order chi connectivity index (χ1) is 6.02. The van der Waals surface area contributed by atoms with Crippen molar-refractivity contribution in [3.8, 4) is 0 Å². The summed E-state index contributed by atoms with van der Waals surface area (Å²) in [6.07, 6.45) is 0. The Kier molecular flexibility index (Phi) is 3.27. The zero-order valence-corrected chi connectivity index (χ0v) is 9.17. The van der Waals surface area contributed by atoms with Gasteiger partial charge < -0.3 is 0 Å². The van der Waals surface area contributed by atoms with Gasteiger partial charge in [0.05, 0.1) is 10.3 Å². The third-order valence-corrected chi connectivity index (χ3v) is 2.55. The van der Waals surface area contributed by atoms with Crippen LogP contribution >= 0.6 is 27.5 Å². The zero-order valence-electron chi connectivity index (χ0n) is 6.83. The monoisotopic (exact) mass is 263 g/mol. The van der Waals surface area contributed by atoms with Crippen LogP contribution in [0.15, 0.2) is 22.7 Å². The van der Waals surface area contributed by atoms with E-state index in [2.05, 4.69) is 15.9 Å². The quantitative estimate of drug-likeness (QED) is 0.465. The molecule has 0 saturated heterocycles. The molecule has 70 valence electrons. The van der Waals surface area contributed by atoms with Crippen molar-refractivity contribution in [2.24, 2.45) is 0 Å². The highest BCUT2D eigenvalue weighted by atomic mass is 79.9. The third-order valence-electron chi connectivity index (χ3n) is 1.62. The minimum atomic E-state index is -0.437. The van der Waals surface area contributed by atoms with E-state index in [9.17, 15) is 10.1 Å². The van der Waals surface area contributed by atoms with Crippen LogP contribution in [0.3, 0.4) is 0 Å². The SMILES string of the molecule is CC(Cl)c1ccc([N+](=O)[O-])cc1Br. The molecule has 0 amide bonds. The van der Waals surface area contributed by atoms with Gasteiger partial charge in [-0.2, -0.15) is 0 Å². The number of hydrogen-bond donors (Lipinski definition) is 0. The molecule has 3 nitrogen and oxygen atoms in total. The van der Waals surface area contributed by atoms with Crippen LogP contribution in [0, 0.1) is 10.1 Å². The second kappa shape index (κ2) is 4.07. The Morgan fingerprint density at radius 2 is 2.23 bits per heavy atom. The van der Waals surface area contributed by atoms with Gasteiger partial charge in [0.2, 0.25) is 0 Å². The summed E-state index contributed by atoms with van der Waals surface area (Å²) in [6.45, 7) is 1.81. The van der Waals surface area contributed by atoms with Crippen molar-refractivity contribution in [2.75, 3.05) is 0 Å². The van der Waals surface area contributed by atoms with Crippen molar-refractivity contribution in [1.29, 1.82) is 0 Å². The van der Waals surface area contributed by atoms with E-state index >= 15 is 0 Å². The Labute approximate surface area is 89.0 Å². The van der Waals surface area contributed by atoms with Crippen molar-refractivity contribution in [3.05, 3.63) is 38.3 Å². The third kappa shape index (κ3) is 2.42. The average Bonchev–Trinajstić information content (AvgIpc) is 2.03. The fourth-order valence-electron chi connectivity index (χ4n) is 0.952. The molecule has 0 aliphatic heterocycles. The zero-order chi connectivity index (χ0) is 10.0. The first-order valence-electron chi connectivity index (χ1n) is 3.60. The van der Waals surface area contributed by atoms with E-state index in [1.54, 1.807) is 6.07 Å². The maximum Gasteiger partial charge on any atom is 0.270 e. The van der Waals surface area contributed by atoms with Gasteiger partial charge in [-0.3, -0.25) is 10.1 Å². The van der Waals surface area contributed by atoms with Crippen LogP contribution in [0.5, 0.6) is 0 Å². The lowest BCUT2D eigenvalue weighted by molar-refractivity contribution is -0.384. The molecule has 1 rings (SSSR count). The van der Waals surface area contributed by atoms with Crippen molar-refractivity contribution >= 4 is 33.2 Å². The molecular weight excluding hydrogens is 257 g/mol. The number of non-ortho nitro benzene ring substituents is 1. The second-order valence-electron chi connectivity index (χ2n) is 2.58. The Bertz CT molecular complexity index is 341. The molecule has 5 heteroatoms. The Balaban J connectivity index is 3.13. The Morgan fingerprint density at radius 1 is 1.62 bits per heavy atom.